The van der Waals surface area contributed by atoms with E-state index in [9.17, 15) is 9.59 Å². The number of amides is 2. The van der Waals surface area contributed by atoms with Crippen LogP contribution in [0.4, 0.5) is 11.4 Å². The number of anilines is 2. The second-order valence-corrected chi connectivity index (χ2v) is 6.76. The first-order chi connectivity index (χ1) is 12.9. The minimum atomic E-state index is -0.184. The maximum absolute atomic E-state index is 12.7. The lowest BCUT2D eigenvalue weighted by Gasteiger charge is -2.19. The molecule has 5 nitrogen and oxygen atoms in total. The predicted octanol–water partition coefficient (Wildman–Crippen LogP) is 4.62. The summed E-state index contributed by atoms with van der Waals surface area (Å²) in [6, 6.07) is 12.6. The second kappa shape index (κ2) is 7.84. The molecule has 2 N–H and O–H groups in total. The van der Waals surface area contributed by atoms with E-state index in [2.05, 4.69) is 10.6 Å². The fourth-order valence-electron chi connectivity index (χ4n) is 3.18. The molecule has 0 saturated carbocycles. The first-order valence-corrected chi connectivity index (χ1v) is 9.30. The molecular formula is C21H22ClN3O2. The highest BCUT2D eigenvalue weighted by molar-refractivity contribution is 6.32. The van der Waals surface area contributed by atoms with Gasteiger partial charge in [0.05, 0.1) is 5.57 Å². The Hall–Kier alpha value is -2.79. The second-order valence-electron chi connectivity index (χ2n) is 6.32. The lowest BCUT2D eigenvalue weighted by Crippen LogP contribution is -2.30. The number of nitrogens with zero attached hydrogens (tertiary/aromatic N) is 1. The summed E-state index contributed by atoms with van der Waals surface area (Å²) in [5.41, 5.74) is 4.10. The van der Waals surface area contributed by atoms with Gasteiger partial charge in [0.2, 0.25) is 0 Å². The number of hydrogen-bond acceptors (Lipinski definition) is 3. The van der Waals surface area contributed by atoms with E-state index in [4.69, 9.17) is 11.6 Å². The van der Waals surface area contributed by atoms with E-state index in [1.165, 1.54) is 0 Å². The van der Waals surface area contributed by atoms with Crippen molar-refractivity contribution in [3.05, 3.63) is 64.3 Å². The molecule has 1 aliphatic heterocycles. The quantitative estimate of drug-likeness (QED) is 0.741. The molecule has 2 amide bonds. The molecule has 0 atom stereocenters. The fourth-order valence-corrected chi connectivity index (χ4v) is 3.30. The number of rotatable bonds is 5. The summed E-state index contributed by atoms with van der Waals surface area (Å²) < 4.78 is 0. The molecular weight excluding hydrogens is 362 g/mol. The Morgan fingerprint density at radius 3 is 2.41 bits per heavy atom. The Morgan fingerprint density at radius 1 is 1.11 bits per heavy atom. The molecule has 0 unspecified atom stereocenters. The summed E-state index contributed by atoms with van der Waals surface area (Å²) in [5.74, 6) is -0.221. The Kier molecular flexibility index (Phi) is 5.51. The molecule has 0 aromatic heterocycles. The minimum Gasteiger partial charge on any atom is -0.358 e. The van der Waals surface area contributed by atoms with Crippen LogP contribution in [0.5, 0.6) is 0 Å². The average molecular weight is 384 g/mol. The fraction of sp³-hybridized carbons (Fsp3) is 0.238. The molecule has 0 fully saturated rings. The van der Waals surface area contributed by atoms with Crippen LogP contribution < -0.4 is 10.6 Å². The highest BCUT2D eigenvalue weighted by Gasteiger charge is 2.28. The van der Waals surface area contributed by atoms with Crippen molar-refractivity contribution in [2.45, 2.75) is 20.8 Å². The number of carbonyl (C=O) groups is 2. The maximum atomic E-state index is 12.7. The molecule has 3 rings (SSSR count). The molecule has 2 aromatic carbocycles. The Bertz CT molecular complexity index is 916. The lowest BCUT2D eigenvalue weighted by molar-refractivity contribution is -0.110. The highest BCUT2D eigenvalue weighted by Crippen LogP contribution is 2.35. The first kappa shape index (κ1) is 19.0. The highest BCUT2D eigenvalue weighted by atomic mass is 35.5. The number of nitrogens with one attached hydrogen (secondary N) is 2. The monoisotopic (exact) mass is 383 g/mol. The Balaban J connectivity index is 1.97. The van der Waals surface area contributed by atoms with Gasteiger partial charge in [-0.2, -0.15) is 0 Å². The molecule has 0 aliphatic carbocycles. The summed E-state index contributed by atoms with van der Waals surface area (Å²) in [4.78, 5) is 26.9. The number of fused-ring (bicyclic) bond motifs is 1. The molecule has 0 bridgehead atoms. The van der Waals surface area contributed by atoms with Crippen LogP contribution in [0.3, 0.4) is 0 Å². The zero-order valence-electron chi connectivity index (χ0n) is 15.6. The van der Waals surface area contributed by atoms with Gasteiger partial charge >= 0.3 is 0 Å². The van der Waals surface area contributed by atoms with Crippen molar-refractivity contribution in [3.8, 4) is 0 Å². The van der Waals surface area contributed by atoms with Gasteiger partial charge in [-0.15, -0.1) is 0 Å². The predicted molar refractivity (Wildman–Crippen MR) is 110 cm³/mol. The number of hydrogen-bond donors (Lipinski definition) is 2. The number of halogens is 1. The summed E-state index contributed by atoms with van der Waals surface area (Å²) >= 11 is 5.92. The summed E-state index contributed by atoms with van der Waals surface area (Å²) in [6.07, 6.45) is 0. The van der Waals surface area contributed by atoms with E-state index in [-0.39, 0.29) is 11.8 Å². The number of allylic oxidation sites excluding steroid dienone is 1. The topological polar surface area (TPSA) is 61.4 Å². The van der Waals surface area contributed by atoms with E-state index in [0.29, 0.717) is 40.6 Å². The lowest BCUT2D eigenvalue weighted by atomic mass is 10.0. The van der Waals surface area contributed by atoms with E-state index in [1.807, 2.05) is 32.9 Å². The molecule has 6 heteroatoms. The van der Waals surface area contributed by atoms with Crippen LogP contribution in [-0.4, -0.2) is 29.8 Å². The third kappa shape index (κ3) is 3.83. The molecule has 0 spiro atoms. The van der Waals surface area contributed by atoms with Gasteiger partial charge in [0.1, 0.15) is 0 Å². The molecule has 140 valence electrons. The zero-order valence-corrected chi connectivity index (χ0v) is 16.4. The largest absolute Gasteiger partial charge is 0.358 e. The number of carbonyl (C=O) groups excluding carboxylic acids is 2. The molecule has 2 aromatic rings. The summed E-state index contributed by atoms with van der Waals surface area (Å²) in [7, 11) is 0. The van der Waals surface area contributed by atoms with Crippen molar-refractivity contribution in [3.63, 3.8) is 0 Å². The third-order valence-corrected chi connectivity index (χ3v) is 4.86. The van der Waals surface area contributed by atoms with Crippen molar-refractivity contribution >= 4 is 40.4 Å². The van der Waals surface area contributed by atoms with Crippen molar-refractivity contribution in [2.24, 2.45) is 0 Å². The van der Waals surface area contributed by atoms with E-state index < -0.39 is 0 Å². The maximum Gasteiger partial charge on any atom is 0.258 e. The smallest absolute Gasteiger partial charge is 0.258 e. The van der Waals surface area contributed by atoms with E-state index in [1.54, 1.807) is 35.2 Å². The third-order valence-electron chi connectivity index (χ3n) is 4.61. The standard InChI is InChI=1S/C21H22ClN3O2/c1-4-25(5-2)21(27)14-6-11-18-17(12-14)19(20(26)24-18)13(3)23-16-9-7-15(22)8-10-16/h6-12,23H,4-5H2,1-3H3,(H,24,26). The van der Waals surface area contributed by atoms with Crippen molar-refractivity contribution in [1.29, 1.82) is 0 Å². The van der Waals surface area contributed by atoms with Crippen molar-refractivity contribution < 1.29 is 9.59 Å². The van der Waals surface area contributed by atoms with E-state index in [0.717, 1.165) is 11.3 Å². The van der Waals surface area contributed by atoms with Gasteiger partial charge in [-0.25, -0.2) is 0 Å². The molecule has 0 radical (unpaired) electrons. The van der Waals surface area contributed by atoms with E-state index >= 15 is 0 Å². The van der Waals surface area contributed by atoms with Crippen LogP contribution in [0.25, 0.3) is 5.57 Å². The van der Waals surface area contributed by atoms with Gasteiger partial charge in [0.25, 0.3) is 11.8 Å². The van der Waals surface area contributed by atoms with Crippen molar-refractivity contribution in [2.75, 3.05) is 23.7 Å². The van der Waals surface area contributed by atoms with Gasteiger partial charge in [0.15, 0.2) is 0 Å². The SMILES string of the molecule is CCN(CC)C(=O)c1ccc2c(c1)C(=C(C)Nc1ccc(Cl)cc1)C(=O)N2. The normalized spacial score (nSPS) is 14.4. The van der Waals surface area contributed by atoms with Gasteiger partial charge < -0.3 is 15.5 Å². The molecule has 27 heavy (non-hydrogen) atoms. The average Bonchev–Trinajstić information content (AvgIpc) is 2.99. The van der Waals surface area contributed by atoms with Gasteiger partial charge in [0, 0.05) is 46.3 Å². The summed E-state index contributed by atoms with van der Waals surface area (Å²) in [5, 5.41) is 6.75. The van der Waals surface area contributed by atoms with Crippen LogP contribution in [-0.2, 0) is 4.79 Å². The molecule has 1 heterocycles. The molecule has 0 saturated heterocycles. The molecule has 1 aliphatic rings. The van der Waals surface area contributed by atoms with Crippen LogP contribution in [0, 0.1) is 0 Å². The first-order valence-electron chi connectivity index (χ1n) is 8.93. The van der Waals surface area contributed by atoms with Crippen LogP contribution in [0.1, 0.15) is 36.7 Å². The Labute approximate surface area is 164 Å². The van der Waals surface area contributed by atoms with Gasteiger partial charge in [-0.05, 0) is 63.2 Å². The zero-order chi connectivity index (χ0) is 19.6. The van der Waals surface area contributed by atoms with Crippen LogP contribution in [0.15, 0.2) is 48.2 Å². The minimum absolute atomic E-state index is 0.0372. The summed E-state index contributed by atoms with van der Waals surface area (Å²) in [6.45, 7) is 7.03. The Morgan fingerprint density at radius 2 is 1.78 bits per heavy atom. The van der Waals surface area contributed by atoms with Crippen LogP contribution >= 0.6 is 11.6 Å². The van der Waals surface area contributed by atoms with Crippen molar-refractivity contribution in [1.82, 2.24) is 4.90 Å². The number of benzene rings is 2. The van der Waals surface area contributed by atoms with Crippen LogP contribution in [0.2, 0.25) is 5.02 Å². The van der Waals surface area contributed by atoms with Gasteiger partial charge in [-0.1, -0.05) is 11.6 Å². The van der Waals surface area contributed by atoms with Gasteiger partial charge in [-0.3, -0.25) is 9.59 Å².